The van der Waals surface area contributed by atoms with Gasteiger partial charge in [-0.3, -0.25) is 9.69 Å². The molecule has 1 unspecified atom stereocenters. The first-order chi connectivity index (χ1) is 9.58. The molecule has 0 saturated carbocycles. The third kappa shape index (κ3) is 2.72. The Morgan fingerprint density at radius 1 is 1.45 bits per heavy atom. The lowest BCUT2D eigenvalue weighted by Crippen LogP contribution is -2.53. The molecule has 1 aromatic rings. The number of phenolic OH excluding ortho intramolecular Hbond substituents is 1. The number of amides is 1. The van der Waals surface area contributed by atoms with Crippen LogP contribution in [0.5, 0.6) is 11.5 Å². The maximum atomic E-state index is 12.5. The van der Waals surface area contributed by atoms with Gasteiger partial charge in [0.15, 0.2) is 11.5 Å². The highest BCUT2D eigenvalue weighted by Crippen LogP contribution is 2.30. The maximum Gasteiger partial charge on any atom is 0.257 e. The first kappa shape index (κ1) is 14.7. The van der Waals surface area contributed by atoms with Crippen molar-refractivity contribution in [3.8, 4) is 11.5 Å². The van der Waals surface area contributed by atoms with Gasteiger partial charge >= 0.3 is 0 Å². The standard InChI is InChI=1S/C15H22N2O3/c1-4-16-8-9-17(10-11(16)2)15(19)12-6-5-7-13(20-3)14(12)18/h5-7,11,18H,4,8-10H2,1-3H3. The molecule has 0 spiro atoms. The van der Waals surface area contributed by atoms with Gasteiger partial charge in [0, 0.05) is 25.7 Å². The van der Waals surface area contributed by atoms with Crippen LogP contribution >= 0.6 is 0 Å². The molecule has 5 heteroatoms. The zero-order valence-electron chi connectivity index (χ0n) is 12.3. The Morgan fingerprint density at radius 2 is 2.20 bits per heavy atom. The van der Waals surface area contributed by atoms with E-state index in [1.807, 2.05) is 0 Å². The van der Waals surface area contributed by atoms with E-state index in [4.69, 9.17) is 4.74 Å². The third-order valence-electron chi connectivity index (χ3n) is 3.91. The van der Waals surface area contributed by atoms with Gasteiger partial charge in [0.2, 0.25) is 0 Å². The van der Waals surface area contributed by atoms with Crippen molar-refractivity contribution in [3.05, 3.63) is 23.8 Å². The number of ether oxygens (including phenoxy) is 1. The van der Waals surface area contributed by atoms with E-state index in [0.29, 0.717) is 30.4 Å². The summed E-state index contributed by atoms with van der Waals surface area (Å²) in [5.41, 5.74) is 0.307. The fourth-order valence-corrected chi connectivity index (χ4v) is 2.68. The van der Waals surface area contributed by atoms with Crippen LogP contribution in [0.15, 0.2) is 18.2 Å². The minimum atomic E-state index is -0.135. The predicted molar refractivity (Wildman–Crippen MR) is 77.3 cm³/mol. The zero-order chi connectivity index (χ0) is 14.7. The molecular weight excluding hydrogens is 256 g/mol. The summed E-state index contributed by atoms with van der Waals surface area (Å²) < 4.78 is 5.05. The highest BCUT2D eigenvalue weighted by atomic mass is 16.5. The number of phenols is 1. The monoisotopic (exact) mass is 278 g/mol. The topological polar surface area (TPSA) is 53.0 Å². The average Bonchev–Trinajstić information content (AvgIpc) is 2.46. The lowest BCUT2D eigenvalue weighted by molar-refractivity contribution is 0.0525. The second-order valence-corrected chi connectivity index (χ2v) is 5.09. The van der Waals surface area contributed by atoms with Crippen molar-refractivity contribution in [2.45, 2.75) is 19.9 Å². The van der Waals surface area contributed by atoms with E-state index < -0.39 is 0 Å². The number of carbonyl (C=O) groups excluding carboxylic acids is 1. The van der Waals surface area contributed by atoms with E-state index in [-0.39, 0.29) is 11.7 Å². The number of likely N-dealkylation sites (N-methyl/N-ethyl adjacent to an activating group) is 1. The number of rotatable bonds is 3. The summed E-state index contributed by atoms with van der Waals surface area (Å²) in [6.45, 7) is 7.48. The van der Waals surface area contributed by atoms with Crippen LogP contribution in [-0.2, 0) is 0 Å². The Kier molecular flexibility index (Phi) is 4.49. The number of methoxy groups -OCH3 is 1. The van der Waals surface area contributed by atoms with Crippen LogP contribution in [0.25, 0.3) is 0 Å². The molecular formula is C15H22N2O3. The largest absolute Gasteiger partial charge is 0.504 e. The van der Waals surface area contributed by atoms with Crippen LogP contribution in [0.1, 0.15) is 24.2 Å². The van der Waals surface area contributed by atoms with Crippen LogP contribution in [0, 0.1) is 0 Å². The Labute approximate surface area is 119 Å². The highest BCUT2D eigenvalue weighted by molar-refractivity contribution is 5.97. The van der Waals surface area contributed by atoms with Gasteiger partial charge in [-0.25, -0.2) is 0 Å². The molecule has 110 valence electrons. The van der Waals surface area contributed by atoms with E-state index in [9.17, 15) is 9.90 Å². The highest BCUT2D eigenvalue weighted by Gasteiger charge is 2.28. The SMILES string of the molecule is CCN1CCN(C(=O)c2cccc(OC)c2O)CC1C. The summed E-state index contributed by atoms with van der Waals surface area (Å²) in [6.07, 6.45) is 0. The molecule has 0 aliphatic carbocycles. The van der Waals surface area contributed by atoms with E-state index >= 15 is 0 Å². The van der Waals surface area contributed by atoms with E-state index in [1.54, 1.807) is 23.1 Å². The molecule has 1 atom stereocenters. The van der Waals surface area contributed by atoms with E-state index in [0.717, 1.165) is 13.1 Å². The van der Waals surface area contributed by atoms with E-state index in [2.05, 4.69) is 18.7 Å². The number of para-hydroxylation sites is 1. The molecule has 0 bridgehead atoms. The second-order valence-electron chi connectivity index (χ2n) is 5.09. The molecule has 1 saturated heterocycles. The Balaban J connectivity index is 2.16. The molecule has 1 amide bonds. The zero-order valence-corrected chi connectivity index (χ0v) is 12.3. The maximum absolute atomic E-state index is 12.5. The number of carbonyl (C=O) groups is 1. The summed E-state index contributed by atoms with van der Waals surface area (Å²) >= 11 is 0. The molecule has 2 rings (SSSR count). The predicted octanol–water partition coefficient (Wildman–Crippen LogP) is 1.57. The van der Waals surface area contributed by atoms with Gasteiger partial charge in [-0.05, 0) is 25.6 Å². The van der Waals surface area contributed by atoms with Crippen LogP contribution in [0.2, 0.25) is 0 Å². The van der Waals surface area contributed by atoms with Crippen molar-refractivity contribution in [1.82, 2.24) is 9.80 Å². The number of hydrogen-bond acceptors (Lipinski definition) is 4. The smallest absolute Gasteiger partial charge is 0.257 e. The Hall–Kier alpha value is -1.75. The molecule has 1 fully saturated rings. The number of piperazine rings is 1. The van der Waals surface area contributed by atoms with Crippen molar-refractivity contribution in [2.24, 2.45) is 0 Å². The van der Waals surface area contributed by atoms with Crippen LogP contribution in [0.3, 0.4) is 0 Å². The second kappa shape index (κ2) is 6.13. The number of aromatic hydroxyl groups is 1. The molecule has 0 radical (unpaired) electrons. The van der Waals surface area contributed by atoms with Crippen LogP contribution in [0.4, 0.5) is 0 Å². The number of benzene rings is 1. The Bertz CT molecular complexity index is 490. The summed E-state index contributed by atoms with van der Waals surface area (Å²) in [4.78, 5) is 16.7. The van der Waals surface area contributed by atoms with E-state index in [1.165, 1.54) is 7.11 Å². The van der Waals surface area contributed by atoms with Gasteiger partial charge in [0.05, 0.1) is 12.7 Å². The molecule has 1 aromatic carbocycles. The molecule has 5 nitrogen and oxygen atoms in total. The first-order valence-electron chi connectivity index (χ1n) is 6.97. The van der Waals surface area contributed by atoms with Crippen molar-refractivity contribution >= 4 is 5.91 Å². The molecule has 20 heavy (non-hydrogen) atoms. The van der Waals surface area contributed by atoms with Gasteiger partial charge in [0.25, 0.3) is 5.91 Å². The van der Waals surface area contributed by atoms with Crippen LogP contribution in [-0.4, -0.2) is 60.1 Å². The number of hydrogen-bond donors (Lipinski definition) is 1. The van der Waals surface area contributed by atoms with Crippen molar-refractivity contribution < 1.29 is 14.6 Å². The summed E-state index contributed by atoms with van der Waals surface area (Å²) in [5, 5.41) is 10.1. The fraction of sp³-hybridized carbons (Fsp3) is 0.533. The molecule has 1 N–H and O–H groups in total. The molecule has 1 aliphatic rings. The van der Waals surface area contributed by atoms with Crippen molar-refractivity contribution in [2.75, 3.05) is 33.3 Å². The van der Waals surface area contributed by atoms with Gasteiger partial charge < -0.3 is 14.7 Å². The summed E-state index contributed by atoms with van der Waals surface area (Å²) in [5.74, 6) is 0.116. The Morgan fingerprint density at radius 3 is 2.80 bits per heavy atom. The minimum Gasteiger partial charge on any atom is -0.504 e. The van der Waals surface area contributed by atoms with Gasteiger partial charge in [-0.1, -0.05) is 13.0 Å². The third-order valence-corrected chi connectivity index (χ3v) is 3.91. The van der Waals surface area contributed by atoms with Crippen molar-refractivity contribution in [1.29, 1.82) is 0 Å². The summed E-state index contributed by atoms with van der Waals surface area (Å²) in [7, 11) is 1.48. The first-order valence-corrected chi connectivity index (χ1v) is 6.97. The lowest BCUT2D eigenvalue weighted by Gasteiger charge is -2.39. The summed E-state index contributed by atoms with van der Waals surface area (Å²) in [6, 6.07) is 5.34. The fourth-order valence-electron chi connectivity index (χ4n) is 2.68. The van der Waals surface area contributed by atoms with Crippen LogP contribution < -0.4 is 4.74 Å². The molecule has 1 aliphatic heterocycles. The van der Waals surface area contributed by atoms with Gasteiger partial charge in [0.1, 0.15) is 0 Å². The van der Waals surface area contributed by atoms with Crippen molar-refractivity contribution in [3.63, 3.8) is 0 Å². The molecule has 1 heterocycles. The van der Waals surface area contributed by atoms with Gasteiger partial charge in [-0.2, -0.15) is 0 Å². The molecule has 0 aromatic heterocycles. The quantitative estimate of drug-likeness (QED) is 0.912. The van der Waals surface area contributed by atoms with Gasteiger partial charge in [-0.15, -0.1) is 0 Å². The average molecular weight is 278 g/mol. The minimum absolute atomic E-state index is 0.0782. The lowest BCUT2D eigenvalue weighted by atomic mass is 10.1. The normalized spacial score (nSPS) is 19.9. The number of nitrogens with zero attached hydrogens (tertiary/aromatic N) is 2.